The maximum Gasteiger partial charge on any atom is 0.412 e. The molecule has 5 nitrogen and oxygen atoms in total. The molecule has 0 bridgehead atoms. The van der Waals surface area contributed by atoms with Crippen molar-refractivity contribution < 1.29 is 19.1 Å². The molecule has 1 amide bonds. The van der Waals surface area contributed by atoms with E-state index < -0.39 is 12.2 Å². The molecule has 194 valence electrons. The number of nitrogens with one attached hydrogen (secondary N) is 1. The van der Waals surface area contributed by atoms with Gasteiger partial charge in [0.1, 0.15) is 17.6 Å². The smallest absolute Gasteiger partial charge is 0.412 e. The summed E-state index contributed by atoms with van der Waals surface area (Å²) in [5.41, 5.74) is 5.05. The quantitative estimate of drug-likeness (QED) is 0.240. The van der Waals surface area contributed by atoms with Gasteiger partial charge in [-0.05, 0) is 61.1 Å². The normalized spacial score (nSPS) is 14.4. The molecule has 3 aromatic carbocycles. The number of thiophene rings is 1. The molecule has 1 aromatic heterocycles. The maximum atomic E-state index is 12.7. The van der Waals surface area contributed by atoms with E-state index in [1.54, 1.807) is 20.1 Å². The summed E-state index contributed by atoms with van der Waals surface area (Å²) in [4.78, 5) is 25.6. The molecule has 7 heteroatoms. The van der Waals surface area contributed by atoms with Gasteiger partial charge in [0.15, 0.2) is 0 Å². The second-order valence-electron chi connectivity index (χ2n) is 9.51. The van der Waals surface area contributed by atoms with Crippen LogP contribution in [0.1, 0.15) is 43.9 Å². The Morgan fingerprint density at radius 2 is 1.66 bits per heavy atom. The van der Waals surface area contributed by atoms with Crippen LogP contribution in [-0.4, -0.2) is 19.0 Å². The minimum atomic E-state index is -0.556. The monoisotopic (exact) mass is 545 g/mol. The minimum absolute atomic E-state index is 0.226. The minimum Gasteiger partial charge on any atom is -0.496 e. The number of carbonyl (C=O) groups excluding carboxylic acids is 2. The second-order valence-corrected chi connectivity index (χ2v) is 11.2. The Labute approximate surface area is 231 Å². The lowest BCUT2D eigenvalue weighted by atomic mass is 9.90. The van der Waals surface area contributed by atoms with Crippen LogP contribution in [0.2, 0.25) is 4.34 Å². The van der Waals surface area contributed by atoms with E-state index >= 15 is 0 Å². The highest BCUT2D eigenvalue weighted by Gasteiger charge is 2.48. The Morgan fingerprint density at radius 1 is 0.974 bits per heavy atom. The van der Waals surface area contributed by atoms with Crippen molar-refractivity contribution in [2.24, 2.45) is 0 Å². The summed E-state index contributed by atoms with van der Waals surface area (Å²) in [6, 6.07) is 25.4. The third-order valence-electron chi connectivity index (χ3n) is 7.13. The van der Waals surface area contributed by atoms with Gasteiger partial charge in [0, 0.05) is 5.56 Å². The van der Waals surface area contributed by atoms with E-state index in [4.69, 9.17) is 21.1 Å². The van der Waals surface area contributed by atoms with Crippen LogP contribution in [0, 0.1) is 0 Å². The fraction of sp³-hybridized carbons (Fsp3) is 0.226. The SMILES string of the molecule is COc1cc(-c2sc(Cl)cc2NC(=O)O[C@H](C)c2ccccc2)ccc1-c1ccc(C2(C(C)=O)CC2)cc1. The van der Waals surface area contributed by atoms with Crippen LogP contribution in [0.15, 0.2) is 78.9 Å². The highest BCUT2D eigenvalue weighted by Crippen LogP contribution is 2.49. The third-order valence-corrected chi connectivity index (χ3v) is 8.44. The van der Waals surface area contributed by atoms with Gasteiger partial charge >= 0.3 is 6.09 Å². The summed E-state index contributed by atoms with van der Waals surface area (Å²) >= 11 is 7.72. The van der Waals surface area contributed by atoms with E-state index in [2.05, 4.69) is 5.32 Å². The number of ether oxygens (including phenoxy) is 2. The average Bonchev–Trinajstić information content (AvgIpc) is 3.67. The Balaban J connectivity index is 1.37. The largest absolute Gasteiger partial charge is 0.496 e. The number of anilines is 1. The van der Waals surface area contributed by atoms with E-state index in [0.717, 1.165) is 45.5 Å². The van der Waals surface area contributed by atoms with Crippen molar-refractivity contribution in [2.75, 3.05) is 12.4 Å². The standard InChI is InChI=1S/C31H28ClNO4S/c1-19(21-7-5-4-6-8-21)37-30(35)33-26-18-28(32)38-29(26)23-11-14-25(27(17-23)36-3)22-9-12-24(13-10-22)31(15-16-31)20(2)34/h4-14,17-19H,15-16H2,1-3H3,(H,33,35)/t19-/m1/s1. The number of ketones is 1. The first-order chi connectivity index (χ1) is 18.3. The fourth-order valence-electron chi connectivity index (χ4n) is 4.77. The number of rotatable bonds is 8. The van der Waals surface area contributed by atoms with Gasteiger partial charge in [0.05, 0.1) is 27.4 Å². The van der Waals surface area contributed by atoms with Crippen LogP contribution in [0.4, 0.5) is 10.5 Å². The first-order valence-electron chi connectivity index (χ1n) is 12.4. The molecule has 38 heavy (non-hydrogen) atoms. The average molecular weight is 546 g/mol. The van der Waals surface area contributed by atoms with Crippen molar-refractivity contribution >= 4 is 40.5 Å². The predicted octanol–water partition coefficient (Wildman–Crippen LogP) is 8.67. The number of methoxy groups -OCH3 is 1. The summed E-state index contributed by atoms with van der Waals surface area (Å²) in [6.07, 6.45) is 0.876. The molecule has 0 unspecified atom stereocenters. The van der Waals surface area contributed by atoms with Gasteiger partial charge in [-0.2, -0.15) is 0 Å². The van der Waals surface area contributed by atoms with E-state index in [-0.39, 0.29) is 11.2 Å². The van der Waals surface area contributed by atoms with Gasteiger partial charge in [0.25, 0.3) is 0 Å². The van der Waals surface area contributed by atoms with E-state index in [1.807, 2.05) is 79.7 Å². The van der Waals surface area contributed by atoms with Crippen LogP contribution < -0.4 is 10.1 Å². The highest BCUT2D eigenvalue weighted by atomic mass is 35.5. The molecule has 0 aliphatic heterocycles. The van der Waals surface area contributed by atoms with Crippen LogP contribution in [0.3, 0.4) is 0 Å². The van der Waals surface area contributed by atoms with Crippen molar-refractivity contribution in [3.05, 3.63) is 94.3 Å². The Kier molecular flexibility index (Phi) is 7.28. The number of amides is 1. The van der Waals surface area contributed by atoms with Crippen molar-refractivity contribution in [1.29, 1.82) is 0 Å². The van der Waals surface area contributed by atoms with Crippen LogP contribution in [-0.2, 0) is 14.9 Å². The number of hydrogen-bond donors (Lipinski definition) is 1. The number of hydrogen-bond acceptors (Lipinski definition) is 5. The van der Waals surface area contributed by atoms with Crippen molar-refractivity contribution in [2.45, 2.75) is 38.2 Å². The Morgan fingerprint density at radius 3 is 2.29 bits per heavy atom. The summed E-state index contributed by atoms with van der Waals surface area (Å²) in [5.74, 6) is 0.920. The molecule has 1 saturated carbocycles. The molecule has 1 N–H and O–H groups in total. The molecule has 1 heterocycles. The van der Waals surface area contributed by atoms with Gasteiger partial charge in [-0.1, -0.05) is 78.3 Å². The second kappa shape index (κ2) is 10.6. The molecule has 0 spiro atoms. The summed E-state index contributed by atoms with van der Waals surface area (Å²) < 4.78 is 11.9. The predicted molar refractivity (Wildman–Crippen MR) is 153 cm³/mol. The zero-order valence-corrected chi connectivity index (χ0v) is 23.0. The summed E-state index contributed by atoms with van der Waals surface area (Å²) in [5, 5.41) is 2.85. The number of Topliss-reactive ketones (excluding diaryl/α,β-unsaturated/α-hetero) is 1. The lowest BCUT2D eigenvalue weighted by Gasteiger charge is -2.15. The van der Waals surface area contributed by atoms with Crippen LogP contribution >= 0.6 is 22.9 Å². The molecule has 1 aliphatic rings. The summed E-state index contributed by atoms with van der Waals surface area (Å²) in [7, 11) is 1.63. The molecule has 4 aromatic rings. The van der Waals surface area contributed by atoms with Crippen LogP contribution in [0.5, 0.6) is 5.75 Å². The molecule has 1 fully saturated rings. The molecule has 5 rings (SSSR count). The lowest BCUT2D eigenvalue weighted by molar-refractivity contribution is -0.119. The van der Waals surface area contributed by atoms with Gasteiger partial charge in [-0.3, -0.25) is 10.1 Å². The first-order valence-corrected chi connectivity index (χ1v) is 13.6. The number of halogens is 1. The maximum absolute atomic E-state index is 12.7. The molecular formula is C31H28ClNO4S. The van der Waals surface area contributed by atoms with Gasteiger partial charge in [-0.25, -0.2) is 4.79 Å². The number of benzene rings is 3. The molecule has 0 radical (unpaired) electrons. The summed E-state index contributed by atoms with van der Waals surface area (Å²) in [6.45, 7) is 3.50. The zero-order valence-electron chi connectivity index (χ0n) is 21.4. The van der Waals surface area contributed by atoms with Crippen molar-refractivity contribution in [3.63, 3.8) is 0 Å². The van der Waals surface area contributed by atoms with Crippen molar-refractivity contribution in [3.8, 4) is 27.3 Å². The van der Waals surface area contributed by atoms with Crippen molar-refractivity contribution in [1.82, 2.24) is 0 Å². The highest BCUT2D eigenvalue weighted by molar-refractivity contribution is 7.20. The molecular weight excluding hydrogens is 518 g/mol. The molecule has 1 atom stereocenters. The molecule has 0 saturated heterocycles. The van der Waals surface area contributed by atoms with Gasteiger partial charge in [-0.15, -0.1) is 11.3 Å². The van der Waals surface area contributed by atoms with Gasteiger partial charge in [0.2, 0.25) is 0 Å². The third kappa shape index (κ3) is 5.19. The number of carbonyl (C=O) groups is 2. The van der Waals surface area contributed by atoms with E-state index in [0.29, 0.717) is 15.8 Å². The zero-order chi connectivity index (χ0) is 26.9. The van der Waals surface area contributed by atoms with Crippen LogP contribution in [0.25, 0.3) is 21.6 Å². The lowest BCUT2D eigenvalue weighted by Crippen LogP contribution is -2.16. The topological polar surface area (TPSA) is 64.6 Å². The van der Waals surface area contributed by atoms with E-state index in [9.17, 15) is 9.59 Å². The first kappa shape index (κ1) is 26.0. The Hall–Kier alpha value is -3.61. The van der Waals surface area contributed by atoms with E-state index in [1.165, 1.54) is 11.3 Å². The molecule has 1 aliphatic carbocycles. The fourth-order valence-corrected chi connectivity index (χ4v) is 5.95. The Bertz CT molecular complexity index is 1480. The van der Waals surface area contributed by atoms with Gasteiger partial charge < -0.3 is 9.47 Å².